The fraction of sp³-hybridized carbons (Fsp3) is 0.278. The fourth-order valence-electron chi connectivity index (χ4n) is 3.00. The summed E-state index contributed by atoms with van der Waals surface area (Å²) in [6.07, 6.45) is 3.55. The number of rotatable bonds is 2. The molecular weight excluding hydrogens is 322 g/mol. The summed E-state index contributed by atoms with van der Waals surface area (Å²) >= 11 is 1.28. The van der Waals surface area contributed by atoms with Crippen molar-refractivity contribution in [3.63, 3.8) is 0 Å². The first-order chi connectivity index (χ1) is 11.5. The van der Waals surface area contributed by atoms with Crippen LogP contribution in [0.1, 0.15) is 33.5 Å². The molecule has 1 aliphatic heterocycles. The molecular formula is C18H17N3O2S. The van der Waals surface area contributed by atoms with Crippen molar-refractivity contribution in [1.82, 2.24) is 4.98 Å². The molecule has 0 saturated carbocycles. The third kappa shape index (κ3) is 2.83. The summed E-state index contributed by atoms with van der Waals surface area (Å²) in [5.74, 6) is -0.356. The number of aryl methyl sites for hydroxylation is 2. The van der Waals surface area contributed by atoms with Crippen molar-refractivity contribution in [2.75, 3.05) is 17.7 Å². The van der Waals surface area contributed by atoms with E-state index in [1.807, 2.05) is 25.1 Å². The quantitative estimate of drug-likeness (QED) is 0.854. The number of amides is 1. The fourth-order valence-corrected chi connectivity index (χ4v) is 3.52. The van der Waals surface area contributed by atoms with E-state index in [9.17, 15) is 14.9 Å². The van der Waals surface area contributed by atoms with Crippen molar-refractivity contribution >= 4 is 23.4 Å². The van der Waals surface area contributed by atoms with Crippen LogP contribution in [-0.2, 0) is 6.42 Å². The normalized spacial score (nSPS) is 13.3. The van der Waals surface area contributed by atoms with Crippen molar-refractivity contribution in [2.45, 2.75) is 24.8 Å². The number of benzene rings is 1. The summed E-state index contributed by atoms with van der Waals surface area (Å²) in [4.78, 5) is 29.5. The number of nitrogens with one attached hydrogen (secondary N) is 1. The second kappa shape index (κ2) is 6.54. The summed E-state index contributed by atoms with van der Waals surface area (Å²) < 4.78 is 0. The molecule has 5 nitrogen and oxygen atoms in total. The standard InChI is InChI=1S/C18H17N3O2S/c1-11-5-6-15-12(8-11)4-3-7-21(15)18(23)14-9-13(10-19)17(24-2)20-16(14)22/h5-6,8-9H,3-4,7H2,1-2H3,(H,20,22). The Hall–Kier alpha value is -2.52. The lowest BCUT2D eigenvalue weighted by Crippen LogP contribution is -2.38. The third-order valence-corrected chi connectivity index (χ3v) is 4.89. The molecule has 3 rings (SSSR count). The second-order valence-corrected chi connectivity index (χ2v) is 6.58. The van der Waals surface area contributed by atoms with Crippen molar-refractivity contribution in [1.29, 1.82) is 5.26 Å². The van der Waals surface area contributed by atoms with Gasteiger partial charge in [0.1, 0.15) is 11.6 Å². The molecule has 2 heterocycles. The van der Waals surface area contributed by atoms with E-state index in [2.05, 4.69) is 11.1 Å². The van der Waals surface area contributed by atoms with Gasteiger partial charge in [-0.2, -0.15) is 5.26 Å². The zero-order valence-electron chi connectivity index (χ0n) is 13.5. The Morgan fingerprint density at radius 1 is 1.38 bits per heavy atom. The average Bonchev–Trinajstić information content (AvgIpc) is 2.60. The minimum atomic E-state index is -0.456. The number of thioether (sulfide) groups is 1. The number of fused-ring (bicyclic) bond motifs is 1. The lowest BCUT2D eigenvalue weighted by Gasteiger charge is -2.29. The maximum atomic E-state index is 12.9. The number of anilines is 1. The largest absolute Gasteiger partial charge is 0.315 e. The van der Waals surface area contributed by atoms with Gasteiger partial charge < -0.3 is 9.88 Å². The van der Waals surface area contributed by atoms with Crippen LogP contribution in [0.3, 0.4) is 0 Å². The zero-order valence-corrected chi connectivity index (χ0v) is 14.4. The van der Waals surface area contributed by atoms with Crippen molar-refractivity contribution in [3.05, 3.63) is 56.9 Å². The molecule has 122 valence electrons. The highest BCUT2D eigenvalue weighted by Crippen LogP contribution is 2.29. The Morgan fingerprint density at radius 2 is 2.17 bits per heavy atom. The van der Waals surface area contributed by atoms with Gasteiger partial charge in [-0.3, -0.25) is 9.59 Å². The maximum absolute atomic E-state index is 12.9. The van der Waals surface area contributed by atoms with Gasteiger partial charge in [0, 0.05) is 12.2 Å². The molecule has 1 aromatic carbocycles. The molecule has 0 spiro atoms. The lowest BCUT2D eigenvalue weighted by molar-refractivity contribution is 0.0983. The Morgan fingerprint density at radius 3 is 2.88 bits per heavy atom. The number of aromatic amines is 1. The Kier molecular flexibility index (Phi) is 4.45. The SMILES string of the molecule is CSc1[nH]c(=O)c(C(=O)N2CCCc3cc(C)ccc32)cc1C#N. The van der Waals surface area contributed by atoms with Gasteiger partial charge in [0.25, 0.3) is 11.5 Å². The van der Waals surface area contributed by atoms with Gasteiger partial charge in [0.2, 0.25) is 0 Å². The summed E-state index contributed by atoms with van der Waals surface area (Å²) in [6.45, 7) is 2.59. The van der Waals surface area contributed by atoms with Crippen LogP contribution < -0.4 is 10.5 Å². The van der Waals surface area contributed by atoms with Gasteiger partial charge in [0.15, 0.2) is 0 Å². The average molecular weight is 339 g/mol. The predicted octanol–water partition coefficient (Wildman–Crippen LogP) is 2.87. The number of carbonyl (C=O) groups is 1. The Labute approximate surface area is 144 Å². The molecule has 0 unspecified atom stereocenters. The van der Waals surface area contributed by atoms with Crippen LogP contribution in [0.25, 0.3) is 0 Å². The molecule has 6 heteroatoms. The van der Waals surface area contributed by atoms with Gasteiger partial charge in [-0.1, -0.05) is 17.7 Å². The topological polar surface area (TPSA) is 77.0 Å². The van der Waals surface area contributed by atoms with Crippen LogP contribution in [0, 0.1) is 18.3 Å². The predicted molar refractivity (Wildman–Crippen MR) is 94.7 cm³/mol. The number of pyridine rings is 1. The number of hydrogen-bond acceptors (Lipinski definition) is 4. The minimum absolute atomic E-state index is 0.0118. The molecule has 1 aromatic heterocycles. The summed E-state index contributed by atoms with van der Waals surface area (Å²) in [5, 5.41) is 9.72. The molecule has 0 atom stereocenters. The van der Waals surface area contributed by atoms with Crippen LogP contribution in [0.4, 0.5) is 5.69 Å². The van der Waals surface area contributed by atoms with E-state index in [0.717, 1.165) is 29.7 Å². The third-order valence-electron chi connectivity index (χ3n) is 4.16. The van der Waals surface area contributed by atoms with Gasteiger partial charge >= 0.3 is 0 Å². The van der Waals surface area contributed by atoms with E-state index in [1.165, 1.54) is 17.8 Å². The summed E-state index contributed by atoms with van der Waals surface area (Å²) in [6, 6.07) is 9.41. The van der Waals surface area contributed by atoms with Crippen LogP contribution in [0.5, 0.6) is 0 Å². The van der Waals surface area contributed by atoms with E-state index in [4.69, 9.17) is 0 Å². The molecule has 0 saturated heterocycles. The number of nitriles is 1. The van der Waals surface area contributed by atoms with Crippen LogP contribution in [0.2, 0.25) is 0 Å². The molecule has 2 aromatic rings. The van der Waals surface area contributed by atoms with Gasteiger partial charge in [-0.25, -0.2) is 0 Å². The van der Waals surface area contributed by atoms with Gasteiger partial charge in [-0.15, -0.1) is 11.8 Å². The smallest absolute Gasteiger partial charge is 0.263 e. The molecule has 0 fully saturated rings. The number of carbonyl (C=O) groups excluding carboxylic acids is 1. The molecule has 0 aliphatic carbocycles. The lowest BCUT2D eigenvalue weighted by atomic mass is 9.99. The molecule has 0 radical (unpaired) electrons. The van der Waals surface area contributed by atoms with Crippen LogP contribution in [-0.4, -0.2) is 23.7 Å². The summed E-state index contributed by atoms with van der Waals surface area (Å²) in [5.41, 5.74) is 2.99. The van der Waals surface area contributed by atoms with Crippen LogP contribution >= 0.6 is 11.8 Å². The van der Waals surface area contributed by atoms with Crippen molar-refractivity contribution < 1.29 is 4.79 Å². The molecule has 1 N–H and O–H groups in total. The van der Waals surface area contributed by atoms with Crippen LogP contribution in [0.15, 0.2) is 34.1 Å². The molecule has 1 aliphatic rings. The van der Waals surface area contributed by atoms with Crippen molar-refractivity contribution in [2.24, 2.45) is 0 Å². The minimum Gasteiger partial charge on any atom is -0.315 e. The van der Waals surface area contributed by atoms with Gasteiger partial charge in [-0.05, 0) is 43.7 Å². The highest BCUT2D eigenvalue weighted by molar-refractivity contribution is 7.98. The number of hydrogen-bond donors (Lipinski definition) is 1. The van der Waals surface area contributed by atoms with E-state index in [0.29, 0.717) is 17.1 Å². The highest BCUT2D eigenvalue weighted by Gasteiger charge is 2.26. The number of aromatic nitrogens is 1. The Bertz CT molecular complexity index is 911. The van der Waals surface area contributed by atoms with E-state index >= 15 is 0 Å². The van der Waals surface area contributed by atoms with Gasteiger partial charge in [0.05, 0.1) is 10.6 Å². The van der Waals surface area contributed by atoms with Crippen molar-refractivity contribution in [3.8, 4) is 6.07 Å². The van der Waals surface area contributed by atoms with E-state index in [-0.39, 0.29) is 11.5 Å². The first kappa shape index (κ1) is 16.3. The molecule has 24 heavy (non-hydrogen) atoms. The maximum Gasteiger partial charge on any atom is 0.263 e. The highest BCUT2D eigenvalue weighted by atomic mass is 32.2. The second-order valence-electron chi connectivity index (χ2n) is 5.76. The zero-order chi connectivity index (χ0) is 17.3. The Balaban J connectivity index is 2.06. The monoisotopic (exact) mass is 339 g/mol. The van der Waals surface area contributed by atoms with E-state index < -0.39 is 5.56 Å². The van der Waals surface area contributed by atoms with E-state index in [1.54, 1.807) is 11.2 Å². The molecule has 1 amide bonds. The first-order valence-electron chi connectivity index (χ1n) is 7.68. The molecule has 0 bridgehead atoms. The first-order valence-corrected chi connectivity index (χ1v) is 8.90. The number of H-pyrrole nitrogens is 1. The summed E-state index contributed by atoms with van der Waals surface area (Å²) in [7, 11) is 0. The number of nitrogens with zero attached hydrogens (tertiary/aromatic N) is 2.